The average Bonchev–Trinajstić information content (AvgIpc) is 2.62. The van der Waals surface area contributed by atoms with Crippen LogP contribution in [-0.2, 0) is 11.3 Å². The van der Waals surface area contributed by atoms with Gasteiger partial charge in [-0.1, -0.05) is 58.4 Å². The Bertz CT molecular complexity index is 879. The number of ether oxygens (including phenoxy) is 1. The molecule has 0 saturated heterocycles. The van der Waals surface area contributed by atoms with Crippen molar-refractivity contribution in [3.05, 3.63) is 76.8 Å². The van der Waals surface area contributed by atoms with E-state index in [1.54, 1.807) is 18.9 Å². The van der Waals surface area contributed by atoms with E-state index in [-0.39, 0.29) is 5.91 Å². The summed E-state index contributed by atoms with van der Waals surface area (Å²) < 4.78 is 6.91. The van der Waals surface area contributed by atoms with Crippen LogP contribution in [0, 0.1) is 0 Å². The van der Waals surface area contributed by atoms with E-state index in [0.717, 1.165) is 20.8 Å². The van der Waals surface area contributed by atoms with Crippen LogP contribution in [0.15, 0.2) is 71.2 Å². The first-order chi connectivity index (χ1) is 12.0. The Kier molecular flexibility index (Phi) is 5.39. The second kappa shape index (κ2) is 7.70. The fourth-order valence-corrected chi connectivity index (χ4v) is 3.15. The standard InChI is InChI=1S/C21H20BrNO2/c1-15(21(24)23(2)14-16-6-4-3-5-7-16)25-20-11-9-17-12-19(22)10-8-18(17)13-20/h3-13,15H,14H2,1-2H3/t15-/m1/s1. The van der Waals surface area contributed by atoms with Crippen LogP contribution >= 0.6 is 15.9 Å². The Morgan fingerprint density at radius 1 is 1.04 bits per heavy atom. The van der Waals surface area contributed by atoms with Gasteiger partial charge in [0.15, 0.2) is 6.10 Å². The lowest BCUT2D eigenvalue weighted by Crippen LogP contribution is -2.37. The lowest BCUT2D eigenvalue weighted by Gasteiger charge is -2.22. The van der Waals surface area contributed by atoms with Crippen molar-refractivity contribution in [3.63, 3.8) is 0 Å². The predicted molar refractivity (Wildman–Crippen MR) is 105 cm³/mol. The van der Waals surface area contributed by atoms with E-state index >= 15 is 0 Å². The highest BCUT2D eigenvalue weighted by Crippen LogP contribution is 2.25. The molecule has 3 aromatic carbocycles. The van der Waals surface area contributed by atoms with Crippen molar-refractivity contribution in [1.82, 2.24) is 4.90 Å². The summed E-state index contributed by atoms with van der Waals surface area (Å²) in [4.78, 5) is 14.2. The van der Waals surface area contributed by atoms with Gasteiger partial charge in [0.2, 0.25) is 0 Å². The highest BCUT2D eigenvalue weighted by molar-refractivity contribution is 9.10. The van der Waals surface area contributed by atoms with Gasteiger partial charge in [0.1, 0.15) is 5.75 Å². The highest BCUT2D eigenvalue weighted by Gasteiger charge is 2.19. The number of likely N-dealkylation sites (N-methyl/N-ethyl adjacent to an activating group) is 1. The molecule has 3 nitrogen and oxygen atoms in total. The molecule has 0 spiro atoms. The van der Waals surface area contributed by atoms with Crippen LogP contribution in [0.2, 0.25) is 0 Å². The Morgan fingerprint density at radius 2 is 1.72 bits per heavy atom. The number of fused-ring (bicyclic) bond motifs is 1. The minimum absolute atomic E-state index is 0.0419. The summed E-state index contributed by atoms with van der Waals surface area (Å²) in [6, 6.07) is 21.9. The van der Waals surface area contributed by atoms with E-state index in [2.05, 4.69) is 22.0 Å². The first-order valence-electron chi connectivity index (χ1n) is 8.18. The first-order valence-corrected chi connectivity index (χ1v) is 8.97. The molecule has 0 heterocycles. The monoisotopic (exact) mass is 397 g/mol. The summed E-state index contributed by atoms with van der Waals surface area (Å²) in [6.07, 6.45) is -0.540. The summed E-state index contributed by atoms with van der Waals surface area (Å²) in [5, 5.41) is 2.21. The van der Waals surface area contributed by atoms with Crippen molar-refractivity contribution < 1.29 is 9.53 Å². The van der Waals surface area contributed by atoms with Gasteiger partial charge in [-0.15, -0.1) is 0 Å². The first kappa shape index (κ1) is 17.5. The molecule has 0 radical (unpaired) electrons. The molecule has 3 aromatic rings. The number of nitrogens with zero attached hydrogens (tertiary/aromatic N) is 1. The maximum atomic E-state index is 12.6. The molecule has 0 saturated carbocycles. The summed E-state index contributed by atoms with van der Waals surface area (Å²) in [5.74, 6) is 0.656. The second-order valence-corrected chi connectivity index (χ2v) is 7.01. The Balaban J connectivity index is 1.67. The van der Waals surface area contributed by atoms with E-state index in [1.807, 2.05) is 60.7 Å². The molecule has 0 aliphatic carbocycles. The zero-order chi connectivity index (χ0) is 17.8. The van der Waals surface area contributed by atoms with Gasteiger partial charge in [0, 0.05) is 18.1 Å². The van der Waals surface area contributed by atoms with Crippen LogP contribution in [-0.4, -0.2) is 24.0 Å². The van der Waals surface area contributed by atoms with Crippen molar-refractivity contribution in [2.75, 3.05) is 7.05 Å². The average molecular weight is 398 g/mol. The lowest BCUT2D eigenvalue weighted by atomic mass is 10.1. The maximum absolute atomic E-state index is 12.6. The van der Waals surface area contributed by atoms with Gasteiger partial charge >= 0.3 is 0 Å². The van der Waals surface area contributed by atoms with Crippen molar-refractivity contribution >= 4 is 32.6 Å². The molecule has 128 valence electrons. The molecule has 3 rings (SSSR count). The molecular formula is C21H20BrNO2. The molecule has 4 heteroatoms. The van der Waals surface area contributed by atoms with Crippen LogP contribution in [0.1, 0.15) is 12.5 Å². The number of rotatable bonds is 5. The van der Waals surface area contributed by atoms with Crippen LogP contribution in [0.5, 0.6) is 5.75 Å². The number of amides is 1. The number of hydrogen-bond donors (Lipinski definition) is 0. The fraction of sp³-hybridized carbons (Fsp3) is 0.190. The molecule has 0 N–H and O–H groups in total. The number of carbonyl (C=O) groups is 1. The molecular weight excluding hydrogens is 378 g/mol. The van der Waals surface area contributed by atoms with Crippen LogP contribution in [0.3, 0.4) is 0 Å². The Hall–Kier alpha value is -2.33. The van der Waals surface area contributed by atoms with Gasteiger partial charge in [0.25, 0.3) is 5.91 Å². The van der Waals surface area contributed by atoms with E-state index in [9.17, 15) is 4.79 Å². The summed E-state index contributed by atoms with van der Waals surface area (Å²) >= 11 is 3.47. The van der Waals surface area contributed by atoms with Crippen molar-refractivity contribution in [2.45, 2.75) is 19.6 Å². The smallest absolute Gasteiger partial charge is 0.263 e. The van der Waals surface area contributed by atoms with E-state index in [0.29, 0.717) is 12.3 Å². The predicted octanol–water partition coefficient (Wildman–Crippen LogP) is 5.03. The van der Waals surface area contributed by atoms with E-state index < -0.39 is 6.10 Å². The van der Waals surface area contributed by atoms with Gasteiger partial charge in [-0.05, 0) is 47.5 Å². The second-order valence-electron chi connectivity index (χ2n) is 6.09. The molecule has 0 aliphatic rings. The Morgan fingerprint density at radius 3 is 2.48 bits per heavy atom. The molecule has 0 unspecified atom stereocenters. The summed E-state index contributed by atoms with van der Waals surface area (Å²) in [5.41, 5.74) is 1.10. The van der Waals surface area contributed by atoms with Crippen LogP contribution < -0.4 is 4.74 Å². The van der Waals surface area contributed by atoms with Gasteiger partial charge in [-0.2, -0.15) is 0 Å². The minimum atomic E-state index is -0.540. The normalized spacial score (nSPS) is 12.0. The third kappa shape index (κ3) is 4.40. The zero-order valence-corrected chi connectivity index (χ0v) is 15.9. The van der Waals surface area contributed by atoms with E-state index in [1.165, 1.54) is 0 Å². The van der Waals surface area contributed by atoms with Gasteiger partial charge < -0.3 is 9.64 Å². The lowest BCUT2D eigenvalue weighted by molar-refractivity contribution is -0.137. The maximum Gasteiger partial charge on any atom is 0.263 e. The minimum Gasteiger partial charge on any atom is -0.481 e. The topological polar surface area (TPSA) is 29.5 Å². The highest BCUT2D eigenvalue weighted by atomic mass is 79.9. The van der Waals surface area contributed by atoms with Gasteiger partial charge in [0.05, 0.1) is 0 Å². The number of hydrogen-bond acceptors (Lipinski definition) is 2. The molecule has 0 bridgehead atoms. The van der Waals surface area contributed by atoms with Gasteiger partial charge in [-0.3, -0.25) is 4.79 Å². The summed E-state index contributed by atoms with van der Waals surface area (Å²) in [7, 11) is 1.80. The Labute approximate surface area is 156 Å². The van der Waals surface area contributed by atoms with Crippen molar-refractivity contribution in [1.29, 1.82) is 0 Å². The number of halogens is 1. The quantitative estimate of drug-likeness (QED) is 0.604. The molecule has 0 fully saturated rings. The van der Waals surface area contributed by atoms with Crippen LogP contribution in [0.4, 0.5) is 0 Å². The molecule has 0 aromatic heterocycles. The van der Waals surface area contributed by atoms with Crippen LogP contribution in [0.25, 0.3) is 10.8 Å². The van der Waals surface area contributed by atoms with Crippen molar-refractivity contribution in [3.8, 4) is 5.75 Å². The molecule has 25 heavy (non-hydrogen) atoms. The third-order valence-corrected chi connectivity index (χ3v) is 4.57. The van der Waals surface area contributed by atoms with Gasteiger partial charge in [-0.25, -0.2) is 0 Å². The SMILES string of the molecule is C[C@@H](Oc1ccc2cc(Br)ccc2c1)C(=O)N(C)Cc1ccccc1. The summed E-state index contributed by atoms with van der Waals surface area (Å²) in [6.45, 7) is 2.36. The zero-order valence-electron chi connectivity index (χ0n) is 14.3. The number of benzene rings is 3. The molecule has 1 amide bonds. The van der Waals surface area contributed by atoms with E-state index in [4.69, 9.17) is 4.74 Å². The fourth-order valence-electron chi connectivity index (χ4n) is 2.77. The van der Waals surface area contributed by atoms with Crippen molar-refractivity contribution in [2.24, 2.45) is 0 Å². The molecule has 1 atom stereocenters. The molecule has 0 aliphatic heterocycles. The largest absolute Gasteiger partial charge is 0.481 e. The number of carbonyl (C=O) groups excluding carboxylic acids is 1. The third-order valence-electron chi connectivity index (χ3n) is 4.07.